The average Bonchev–Trinajstić information content (AvgIpc) is 3.85. The van der Waals surface area contributed by atoms with Crippen LogP contribution >= 0.6 is 0 Å². The van der Waals surface area contributed by atoms with Crippen molar-refractivity contribution >= 4 is 11.6 Å². The van der Waals surface area contributed by atoms with Gasteiger partial charge in [0, 0.05) is 27.0 Å². The number of halogens is 1. The smallest absolute Gasteiger partial charge is 0.224 e. The summed E-state index contributed by atoms with van der Waals surface area (Å²) in [5, 5.41) is 14.9. The van der Waals surface area contributed by atoms with Crippen molar-refractivity contribution in [1.29, 1.82) is 0 Å². The fraction of sp³-hybridized carbons (Fsp3) is 0.455. The Labute approximate surface area is 241 Å². The van der Waals surface area contributed by atoms with Gasteiger partial charge < -0.3 is 15.7 Å². The van der Waals surface area contributed by atoms with Crippen LogP contribution in [0.1, 0.15) is 87.3 Å². The van der Waals surface area contributed by atoms with Crippen molar-refractivity contribution in [3.8, 4) is 11.1 Å². The summed E-state index contributed by atoms with van der Waals surface area (Å²) < 4.78 is 15.1. The lowest BCUT2D eigenvalue weighted by Gasteiger charge is -2.27. The van der Waals surface area contributed by atoms with E-state index < -0.39 is 5.41 Å². The number of aliphatic hydroxyl groups excluding tert-OH is 1. The Morgan fingerprint density at radius 1 is 1.12 bits per heavy atom. The number of aromatic nitrogens is 3. The van der Waals surface area contributed by atoms with Gasteiger partial charge in [-0.3, -0.25) is 4.98 Å². The first-order valence-electron chi connectivity index (χ1n) is 14.2. The Hall–Kier alpha value is -3.54. The lowest BCUT2D eigenvalue weighted by molar-refractivity contribution is 0.324. The van der Waals surface area contributed by atoms with E-state index >= 15 is 4.39 Å². The number of nitrogens with one attached hydrogen (secondary N) is 2. The number of hydrogen-bond acceptors (Lipinski definition) is 6. The molecule has 7 heteroatoms. The van der Waals surface area contributed by atoms with Crippen LogP contribution in [0.2, 0.25) is 0 Å². The first-order chi connectivity index (χ1) is 19.0. The van der Waals surface area contributed by atoms with Gasteiger partial charge in [-0.05, 0) is 79.8 Å². The van der Waals surface area contributed by atoms with Crippen LogP contribution < -0.4 is 10.6 Å². The predicted octanol–water partition coefficient (Wildman–Crippen LogP) is 8.55. The number of pyridine rings is 1. The van der Waals surface area contributed by atoms with Gasteiger partial charge in [-0.1, -0.05) is 53.2 Å². The van der Waals surface area contributed by atoms with E-state index in [1.165, 1.54) is 37.3 Å². The molecule has 2 saturated carbocycles. The Kier molecular flexibility index (Phi) is 11.0. The Morgan fingerprint density at radius 2 is 1.80 bits per heavy atom. The van der Waals surface area contributed by atoms with Gasteiger partial charge >= 0.3 is 0 Å². The molecular weight excluding hydrogens is 501 g/mol. The topological polar surface area (TPSA) is 83.0 Å². The summed E-state index contributed by atoms with van der Waals surface area (Å²) in [5.41, 5.74) is 6.68. The van der Waals surface area contributed by atoms with Crippen LogP contribution in [-0.2, 0) is 5.41 Å². The van der Waals surface area contributed by atoms with Crippen molar-refractivity contribution in [2.75, 3.05) is 17.4 Å². The zero-order valence-corrected chi connectivity index (χ0v) is 24.8. The zero-order valence-electron chi connectivity index (χ0n) is 24.8. The van der Waals surface area contributed by atoms with Crippen molar-refractivity contribution in [3.05, 3.63) is 84.0 Å². The number of hydrogen-bond donors (Lipinski definition) is 3. The van der Waals surface area contributed by atoms with Gasteiger partial charge in [-0.2, -0.15) is 0 Å². The molecule has 3 aromatic rings. The van der Waals surface area contributed by atoms with Crippen molar-refractivity contribution in [2.24, 2.45) is 11.8 Å². The maximum absolute atomic E-state index is 15.1. The summed E-state index contributed by atoms with van der Waals surface area (Å²) in [6, 6.07) is 8.96. The molecule has 218 valence electrons. The third kappa shape index (κ3) is 9.29. The number of aliphatic hydroxyl groups is 1. The summed E-state index contributed by atoms with van der Waals surface area (Å²) in [4.78, 5) is 12.8. The summed E-state index contributed by atoms with van der Waals surface area (Å²) >= 11 is 0. The lowest BCUT2D eigenvalue weighted by atomic mass is 9.85. The van der Waals surface area contributed by atoms with Crippen molar-refractivity contribution in [3.63, 3.8) is 0 Å². The van der Waals surface area contributed by atoms with E-state index in [0.29, 0.717) is 28.9 Å². The van der Waals surface area contributed by atoms with Crippen molar-refractivity contribution < 1.29 is 12.4 Å². The van der Waals surface area contributed by atoms with E-state index in [1.54, 1.807) is 24.5 Å². The quantitative estimate of drug-likeness (QED) is 0.193. The van der Waals surface area contributed by atoms with Crippen LogP contribution in [0.25, 0.3) is 11.1 Å². The van der Waals surface area contributed by atoms with Crippen LogP contribution in [0.4, 0.5) is 16.0 Å². The number of nitrogens with zero attached hydrogens (tertiary/aromatic N) is 3. The molecule has 40 heavy (non-hydrogen) atoms. The molecule has 0 aliphatic heterocycles. The third-order valence-electron chi connectivity index (χ3n) is 6.57. The third-order valence-corrected chi connectivity index (χ3v) is 6.57. The van der Waals surface area contributed by atoms with E-state index in [-0.39, 0.29) is 15.4 Å². The second kappa shape index (κ2) is 14.2. The largest absolute Gasteiger partial charge is 0.376 e. The van der Waals surface area contributed by atoms with Gasteiger partial charge in [0.15, 0.2) is 0 Å². The monoisotopic (exact) mass is 549 g/mol. The van der Waals surface area contributed by atoms with E-state index in [2.05, 4.69) is 71.7 Å². The van der Waals surface area contributed by atoms with Crippen LogP contribution in [0, 0.1) is 17.7 Å². The maximum Gasteiger partial charge on any atom is 0.224 e. The standard InChI is InChI=1S/C25H26FN5O.C4H8.C4H10.2H2/c1-4-22(25(2,3)23-9-10-28-24(31-23)29-15-32)30-21-8-7-17(12-20(21)26)19-11-18(13-27-14-19)16-5-6-16;1-4-2-3-4;1-4(2)3;;/h7-14,16,30,32H,1,5-6,15H2,2-3H3,(H,28,29,31);4H,2-3H2,1H3;4H,1-3H3;2*1H. The van der Waals surface area contributed by atoms with Gasteiger partial charge in [0.1, 0.15) is 12.5 Å². The minimum atomic E-state index is -0.662. The molecule has 0 amide bonds. The van der Waals surface area contributed by atoms with E-state index in [0.717, 1.165) is 23.0 Å². The molecule has 2 aliphatic carbocycles. The van der Waals surface area contributed by atoms with E-state index in [1.807, 2.05) is 26.1 Å². The predicted molar refractivity (Wildman–Crippen MR) is 167 cm³/mol. The molecule has 3 N–H and O–H groups in total. The molecule has 0 spiro atoms. The summed E-state index contributed by atoms with van der Waals surface area (Å²) in [5.74, 6) is 2.43. The SMILES string of the molecule is C=C=C(Nc1ccc(-c2cncc(C3CC3)c2)cc1F)C(C)(C)c1ccnc(NCO)n1.CC(C)C.CC1CC1.[HH].[HH]. The normalized spacial score (nSPS) is 14.2. The summed E-state index contributed by atoms with van der Waals surface area (Å²) in [7, 11) is 0. The zero-order chi connectivity index (χ0) is 29.3. The molecule has 0 bridgehead atoms. The molecule has 2 heterocycles. The Bertz CT molecular complexity index is 1320. The van der Waals surface area contributed by atoms with Gasteiger partial charge in [-0.15, -0.1) is 5.73 Å². The van der Waals surface area contributed by atoms with Crippen LogP contribution in [0.5, 0.6) is 0 Å². The van der Waals surface area contributed by atoms with Gasteiger partial charge in [0.05, 0.1) is 22.5 Å². The fourth-order valence-corrected chi connectivity index (χ4v) is 3.77. The van der Waals surface area contributed by atoms with Crippen molar-refractivity contribution in [2.45, 2.75) is 78.6 Å². The van der Waals surface area contributed by atoms with Gasteiger partial charge in [0.25, 0.3) is 0 Å². The Morgan fingerprint density at radius 3 is 2.35 bits per heavy atom. The molecule has 0 unspecified atom stereocenters. The Balaban J connectivity index is 0.000000774. The number of anilines is 2. The fourth-order valence-electron chi connectivity index (χ4n) is 3.77. The first-order valence-corrected chi connectivity index (χ1v) is 14.2. The molecule has 6 nitrogen and oxygen atoms in total. The summed E-state index contributed by atoms with van der Waals surface area (Å²) in [6.07, 6.45) is 10.6. The number of allylic oxidation sites excluding steroid dienone is 1. The molecular formula is C33H48FN5O. The maximum atomic E-state index is 15.1. The van der Waals surface area contributed by atoms with Crippen LogP contribution in [0.15, 0.2) is 66.9 Å². The molecule has 5 rings (SSSR count). The average molecular weight is 550 g/mol. The molecule has 2 aromatic heterocycles. The van der Waals surface area contributed by atoms with Gasteiger partial charge in [-0.25, -0.2) is 14.4 Å². The molecule has 0 atom stereocenters. The molecule has 0 radical (unpaired) electrons. The van der Waals surface area contributed by atoms with Gasteiger partial charge in [0.2, 0.25) is 5.95 Å². The highest BCUT2D eigenvalue weighted by molar-refractivity contribution is 5.67. The summed E-state index contributed by atoms with van der Waals surface area (Å²) in [6.45, 7) is 16.1. The minimum Gasteiger partial charge on any atom is -0.376 e. The van der Waals surface area contributed by atoms with Crippen LogP contribution in [-0.4, -0.2) is 26.8 Å². The first kappa shape index (κ1) is 31.0. The number of benzene rings is 1. The molecule has 0 saturated heterocycles. The number of rotatable bonds is 8. The minimum absolute atomic E-state index is 0. The second-order valence-electron chi connectivity index (χ2n) is 11.8. The highest BCUT2D eigenvalue weighted by Crippen LogP contribution is 2.41. The highest BCUT2D eigenvalue weighted by atomic mass is 19.1. The molecule has 1 aromatic carbocycles. The second-order valence-corrected chi connectivity index (χ2v) is 11.8. The van der Waals surface area contributed by atoms with E-state index in [4.69, 9.17) is 5.11 Å². The lowest BCUT2D eigenvalue weighted by Crippen LogP contribution is -2.27. The highest BCUT2D eigenvalue weighted by Gasteiger charge is 2.29. The molecule has 2 fully saturated rings. The van der Waals surface area contributed by atoms with Crippen molar-refractivity contribution in [1.82, 2.24) is 15.0 Å². The molecule has 2 aliphatic rings. The van der Waals surface area contributed by atoms with E-state index in [9.17, 15) is 0 Å². The van der Waals surface area contributed by atoms with Crippen LogP contribution in [0.3, 0.4) is 0 Å².